The molecule has 0 aliphatic heterocycles. The number of nitrogens with one attached hydrogen (secondary N) is 1. The first-order valence-electron chi connectivity index (χ1n) is 6.66. The molecule has 0 radical (unpaired) electrons. The zero-order valence-electron chi connectivity index (χ0n) is 12.8. The van der Waals surface area contributed by atoms with Gasteiger partial charge in [-0.05, 0) is 12.1 Å². The summed E-state index contributed by atoms with van der Waals surface area (Å²) < 4.78 is 9.81. The van der Waals surface area contributed by atoms with Crippen molar-refractivity contribution in [2.75, 3.05) is 14.2 Å². The lowest BCUT2D eigenvalue weighted by atomic mass is 9.78. The Morgan fingerprint density at radius 2 is 2.05 bits per heavy atom. The summed E-state index contributed by atoms with van der Waals surface area (Å²) in [5.74, 6) is -0.302. The Bertz CT molecular complexity index is 466. The highest BCUT2D eigenvalue weighted by molar-refractivity contribution is 5.82. The van der Waals surface area contributed by atoms with Crippen molar-refractivity contribution in [2.45, 2.75) is 39.0 Å². The number of carbonyl (C=O) groups is 1. The number of aromatic nitrogens is 1. The van der Waals surface area contributed by atoms with Gasteiger partial charge in [0.25, 0.3) is 0 Å². The van der Waals surface area contributed by atoms with Gasteiger partial charge in [-0.1, -0.05) is 13.8 Å². The number of ketones is 1. The molecule has 0 aliphatic rings. The van der Waals surface area contributed by atoms with Crippen LogP contribution >= 0.6 is 0 Å². The van der Waals surface area contributed by atoms with Gasteiger partial charge in [-0.15, -0.1) is 0 Å². The first-order valence-corrected chi connectivity index (χ1v) is 6.66. The fourth-order valence-corrected chi connectivity index (χ4v) is 2.35. The zero-order chi connectivity index (χ0) is 16.0. The average molecular weight is 298 g/mol. The van der Waals surface area contributed by atoms with Gasteiger partial charge >= 0.3 is 0 Å². The highest BCUT2D eigenvalue weighted by atomic mass is 16.7. The van der Waals surface area contributed by atoms with Gasteiger partial charge in [0.05, 0.1) is 6.42 Å². The Balaban J connectivity index is 2.84. The van der Waals surface area contributed by atoms with Crippen LogP contribution in [-0.4, -0.2) is 42.2 Å². The fourth-order valence-electron chi connectivity index (χ4n) is 2.35. The maximum absolute atomic E-state index is 12.1. The molecule has 0 amide bonds. The van der Waals surface area contributed by atoms with Crippen LogP contribution in [0.2, 0.25) is 0 Å². The van der Waals surface area contributed by atoms with E-state index in [0.29, 0.717) is 0 Å². The van der Waals surface area contributed by atoms with E-state index in [1.54, 1.807) is 32.2 Å². The molecule has 1 atom stereocenters. The number of Topliss-reactive ketones (excluding diaryl/α,β-unsaturated/α-hetero) is 1. The number of H-pyrrole nitrogens is 1. The van der Waals surface area contributed by atoms with Crippen LogP contribution in [-0.2, 0) is 20.7 Å². The van der Waals surface area contributed by atoms with Crippen LogP contribution in [0.3, 0.4) is 0 Å². The minimum Gasteiger partial charge on any atom is -0.365 e. The van der Waals surface area contributed by atoms with Gasteiger partial charge in [0.15, 0.2) is 5.78 Å². The molecule has 0 aromatic carbocycles. The maximum atomic E-state index is 12.1. The lowest BCUT2D eigenvalue weighted by Gasteiger charge is -2.28. The number of methoxy groups -OCH3 is 2. The SMILES string of the molecule is COC(OC)C(=O)CC(C)(C)C(Cc1ccc[nH]1)[N+](=O)[O-]. The number of aromatic amines is 1. The van der Waals surface area contributed by atoms with Crippen LogP contribution in [0, 0.1) is 15.5 Å². The molecule has 1 rings (SSSR count). The van der Waals surface area contributed by atoms with E-state index in [2.05, 4.69) is 4.98 Å². The molecule has 1 aromatic heterocycles. The van der Waals surface area contributed by atoms with Crippen molar-refractivity contribution >= 4 is 5.78 Å². The molecular weight excluding hydrogens is 276 g/mol. The van der Waals surface area contributed by atoms with Gasteiger partial charge in [0.2, 0.25) is 12.3 Å². The number of hydrogen-bond acceptors (Lipinski definition) is 5. The van der Waals surface area contributed by atoms with Crippen molar-refractivity contribution in [1.29, 1.82) is 0 Å². The average Bonchev–Trinajstić information content (AvgIpc) is 2.89. The molecule has 1 aromatic rings. The summed E-state index contributed by atoms with van der Waals surface area (Å²) in [6, 6.07) is 2.70. The first kappa shape index (κ1) is 17.3. The van der Waals surface area contributed by atoms with E-state index in [-0.39, 0.29) is 23.5 Å². The predicted octanol–water partition coefficient (Wildman–Crippen LogP) is 1.81. The number of carbonyl (C=O) groups excluding carboxylic acids is 1. The summed E-state index contributed by atoms with van der Waals surface area (Å²) >= 11 is 0. The normalized spacial score (nSPS) is 13.4. The Labute approximate surface area is 123 Å². The van der Waals surface area contributed by atoms with Crippen molar-refractivity contribution < 1.29 is 19.2 Å². The Morgan fingerprint density at radius 1 is 1.43 bits per heavy atom. The molecule has 118 valence electrons. The van der Waals surface area contributed by atoms with Crippen LogP contribution in [0.5, 0.6) is 0 Å². The molecule has 21 heavy (non-hydrogen) atoms. The second-order valence-electron chi connectivity index (χ2n) is 5.64. The molecule has 7 nitrogen and oxygen atoms in total. The number of ether oxygens (including phenoxy) is 2. The summed E-state index contributed by atoms with van der Waals surface area (Å²) in [6.07, 6.45) is 0.981. The first-order chi connectivity index (χ1) is 9.81. The molecule has 1 N–H and O–H groups in total. The van der Waals surface area contributed by atoms with E-state index >= 15 is 0 Å². The van der Waals surface area contributed by atoms with E-state index < -0.39 is 17.7 Å². The minimum absolute atomic E-state index is 0.00566. The second-order valence-corrected chi connectivity index (χ2v) is 5.64. The smallest absolute Gasteiger partial charge is 0.223 e. The Hall–Kier alpha value is -1.73. The molecule has 1 heterocycles. The summed E-state index contributed by atoms with van der Waals surface area (Å²) in [4.78, 5) is 26.1. The van der Waals surface area contributed by atoms with Gasteiger partial charge in [0.1, 0.15) is 0 Å². The Morgan fingerprint density at radius 3 is 2.48 bits per heavy atom. The number of hydrogen-bond donors (Lipinski definition) is 1. The summed E-state index contributed by atoms with van der Waals surface area (Å²) in [5.41, 5.74) is -0.0478. The second kappa shape index (κ2) is 7.33. The molecule has 0 aliphatic carbocycles. The van der Waals surface area contributed by atoms with Gasteiger partial charge in [-0.25, -0.2) is 0 Å². The summed E-state index contributed by atoms with van der Waals surface area (Å²) in [7, 11) is 2.73. The van der Waals surface area contributed by atoms with Gasteiger partial charge in [0, 0.05) is 42.9 Å². The van der Waals surface area contributed by atoms with Crippen LogP contribution in [0.15, 0.2) is 18.3 Å². The zero-order valence-corrected chi connectivity index (χ0v) is 12.8. The van der Waals surface area contributed by atoms with Gasteiger partial charge in [-0.2, -0.15) is 0 Å². The van der Waals surface area contributed by atoms with Crippen molar-refractivity contribution in [3.8, 4) is 0 Å². The van der Waals surface area contributed by atoms with Crippen molar-refractivity contribution in [2.24, 2.45) is 5.41 Å². The number of rotatable bonds is 9. The van der Waals surface area contributed by atoms with E-state index in [4.69, 9.17) is 9.47 Å². The number of nitro groups is 1. The van der Waals surface area contributed by atoms with Crippen LogP contribution in [0.1, 0.15) is 26.0 Å². The molecule has 0 saturated carbocycles. The lowest BCUT2D eigenvalue weighted by molar-refractivity contribution is -0.540. The van der Waals surface area contributed by atoms with Gasteiger partial charge in [-0.3, -0.25) is 14.9 Å². The van der Waals surface area contributed by atoms with E-state index in [1.165, 1.54) is 14.2 Å². The maximum Gasteiger partial charge on any atom is 0.223 e. The molecule has 0 spiro atoms. The third kappa shape index (κ3) is 4.64. The summed E-state index contributed by atoms with van der Waals surface area (Å²) in [5, 5.41) is 11.4. The third-order valence-corrected chi connectivity index (χ3v) is 3.55. The van der Waals surface area contributed by atoms with Crippen molar-refractivity contribution in [3.63, 3.8) is 0 Å². The quantitative estimate of drug-likeness (QED) is 0.426. The van der Waals surface area contributed by atoms with E-state index in [1.807, 2.05) is 0 Å². The summed E-state index contributed by atoms with van der Waals surface area (Å²) in [6.45, 7) is 3.42. The monoisotopic (exact) mass is 298 g/mol. The molecule has 7 heteroatoms. The third-order valence-electron chi connectivity index (χ3n) is 3.55. The lowest BCUT2D eigenvalue weighted by Crippen LogP contribution is -2.41. The van der Waals surface area contributed by atoms with Crippen LogP contribution in [0.25, 0.3) is 0 Å². The van der Waals surface area contributed by atoms with Crippen molar-refractivity contribution in [3.05, 3.63) is 34.1 Å². The minimum atomic E-state index is -0.984. The Kier molecular flexibility index (Phi) is 6.04. The van der Waals surface area contributed by atoms with Gasteiger partial charge < -0.3 is 14.5 Å². The molecule has 0 fully saturated rings. The number of nitrogens with zero attached hydrogens (tertiary/aromatic N) is 1. The topological polar surface area (TPSA) is 94.5 Å². The van der Waals surface area contributed by atoms with E-state index in [9.17, 15) is 14.9 Å². The van der Waals surface area contributed by atoms with Crippen LogP contribution < -0.4 is 0 Å². The highest BCUT2D eigenvalue weighted by Gasteiger charge is 2.42. The molecule has 1 unspecified atom stereocenters. The highest BCUT2D eigenvalue weighted by Crippen LogP contribution is 2.30. The molecule has 0 saturated heterocycles. The van der Waals surface area contributed by atoms with Crippen molar-refractivity contribution in [1.82, 2.24) is 4.98 Å². The molecular formula is C14H22N2O5. The molecule has 0 bridgehead atoms. The fraction of sp³-hybridized carbons (Fsp3) is 0.643. The standard InChI is InChI=1S/C14H22N2O5/c1-14(2,9-11(17)13(20-3)21-4)12(16(18)19)8-10-6-5-7-15-10/h5-7,12-13,15H,8-9H2,1-4H3. The predicted molar refractivity (Wildman–Crippen MR) is 76.5 cm³/mol. The largest absolute Gasteiger partial charge is 0.365 e. The van der Waals surface area contributed by atoms with E-state index in [0.717, 1.165) is 5.69 Å². The van der Waals surface area contributed by atoms with Crippen LogP contribution in [0.4, 0.5) is 0 Å².